The van der Waals surface area contributed by atoms with E-state index in [1.165, 1.54) is 19.3 Å². The minimum Gasteiger partial charge on any atom is -0.392 e. The van der Waals surface area contributed by atoms with Gasteiger partial charge in [0.1, 0.15) is 0 Å². The Morgan fingerprint density at radius 3 is 2.38 bits per heavy atom. The summed E-state index contributed by atoms with van der Waals surface area (Å²) in [7, 11) is 0. The Balaban J connectivity index is 2.16. The van der Waals surface area contributed by atoms with Gasteiger partial charge in [0.05, 0.1) is 12.2 Å². The molecule has 16 heavy (non-hydrogen) atoms. The Bertz CT molecular complexity index is 182. The standard InChI is InChI=1S/C12H26N2O2/c1-10(15)8-13-6-7-14(9-11(2)16)12-4-3-5-12/h10-13,15-16H,3-9H2,1-2H3. The number of hydrogen-bond acceptors (Lipinski definition) is 4. The predicted octanol–water partition coefficient (Wildman–Crippen LogP) is 0.192. The molecule has 0 aliphatic heterocycles. The van der Waals surface area contributed by atoms with Crippen molar-refractivity contribution in [2.45, 2.75) is 51.4 Å². The van der Waals surface area contributed by atoms with E-state index in [0.717, 1.165) is 19.6 Å². The molecule has 0 amide bonds. The van der Waals surface area contributed by atoms with Crippen molar-refractivity contribution < 1.29 is 10.2 Å². The minimum atomic E-state index is -0.283. The lowest BCUT2D eigenvalue weighted by Gasteiger charge is -2.38. The lowest BCUT2D eigenvalue weighted by Crippen LogP contribution is -2.46. The van der Waals surface area contributed by atoms with E-state index < -0.39 is 0 Å². The zero-order valence-corrected chi connectivity index (χ0v) is 10.5. The van der Waals surface area contributed by atoms with Crippen LogP contribution in [0.1, 0.15) is 33.1 Å². The number of rotatable bonds is 8. The highest BCUT2D eigenvalue weighted by Crippen LogP contribution is 2.24. The molecule has 0 aromatic rings. The predicted molar refractivity (Wildman–Crippen MR) is 65.4 cm³/mol. The van der Waals surface area contributed by atoms with Gasteiger partial charge < -0.3 is 15.5 Å². The van der Waals surface area contributed by atoms with Crippen molar-refractivity contribution in [3.05, 3.63) is 0 Å². The maximum atomic E-state index is 9.43. The van der Waals surface area contributed by atoms with E-state index in [0.29, 0.717) is 12.6 Å². The van der Waals surface area contributed by atoms with Crippen LogP contribution in [0.15, 0.2) is 0 Å². The first-order valence-corrected chi connectivity index (χ1v) is 6.40. The second-order valence-electron chi connectivity index (χ2n) is 4.98. The second-order valence-corrected chi connectivity index (χ2v) is 4.98. The Morgan fingerprint density at radius 1 is 1.25 bits per heavy atom. The number of aliphatic hydroxyl groups is 2. The summed E-state index contributed by atoms with van der Waals surface area (Å²) in [4.78, 5) is 2.36. The molecule has 3 N–H and O–H groups in total. The second kappa shape index (κ2) is 7.22. The van der Waals surface area contributed by atoms with Crippen molar-refractivity contribution in [3.63, 3.8) is 0 Å². The van der Waals surface area contributed by atoms with Crippen molar-refractivity contribution in [2.24, 2.45) is 0 Å². The molecule has 2 atom stereocenters. The van der Waals surface area contributed by atoms with Gasteiger partial charge in [-0.15, -0.1) is 0 Å². The molecular formula is C12H26N2O2. The zero-order chi connectivity index (χ0) is 12.0. The van der Waals surface area contributed by atoms with Gasteiger partial charge in [0.25, 0.3) is 0 Å². The zero-order valence-electron chi connectivity index (χ0n) is 10.5. The summed E-state index contributed by atoms with van der Waals surface area (Å²) in [6.45, 7) is 6.88. The maximum absolute atomic E-state index is 9.43. The molecular weight excluding hydrogens is 204 g/mol. The molecule has 4 heteroatoms. The maximum Gasteiger partial charge on any atom is 0.0639 e. The topological polar surface area (TPSA) is 55.7 Å². The summed E-state index contributed by atoms with van der Waals surface area (Å²) in [5, 5.41) is 21.8. The first kappa shape index (κ1) is 13.9. The van der Waals surface area contributed by atoms with Crippen LogP contribution in [0.5, 0.6) is 0 Å². The molecule has 2 unspecified atom stereocenters. The van der Waals surface area contributed by atoms with Gasteiger partial charge in [0, 0.05) is 32.2 Å². The fourth-order valence-electron chi connectivity index (χ4n) is 2.05. The Labute approximate surface area is 98.6 Å². The molecule has 1 aliphatic carbocycles. The van der Waals surface area contributed by atoms with E-state index in [1.54, 1.807) is 6.92 Å². The fraction of sp³-hybridized carbons (Fsp3) is 1.00. The van der Waals surface area contributed by atoms with Gasteiger partial charge in [-0.2, -0.15) is 0 Å². The van der Waals surface area contributed by atoms with E-state index in [-0.39, 0.29) is 12.2 Å². The SMILES string of the molecule is CC(O)CNCCN(CC(C)O)C1CCC1. The van der Waals surface area contributed by atoms with Crippen molar-refractivity contribution in [1.82, 2.24) is 10.2 Å². The highest BCUT2D eigenvalue weighted by atomic mass is 16.3. The number of aliphatic hydroxyl groups excluding tert-OH is 2. The normalized spacial score (nSPS) is 20.8. The molecule has 0 spiro atoms. The van der Waals surface area contributed by atoms with Gasteiger partial charge in [-0.25, -0.2) is 0 Å². The van der Waals surface area contributed by atoms with Crippen LogP contribution >= 0.6 is 0 Å². The lowest BCUT2D eigenvalue weighted by molar-refractivity contribution is 0.0666. The molecule has 0 radical (unpaired) electrons. The third-order valence-electron chi connectivity index (χ3n) is 3.11. The Hall–Kier alpha value is -0.160. The third-order valence-corrected chi connectivity index (χ3v) is 3.11. The van der Waals surface area contributed by atoms with Crippen molar-refractivity contribution in [2.75, 3.05) is 26.2 Å². The highest BCUT2D eigenvalue weighted by molar-refractivity contribution is 4.81. The monoisotopic (exact) mass is 230 g/mol. The van der Waals surface area contributed by atoms with Gasteiger partial charge in [0.15, 0.2) is 0 Å². The molecule has 1 fully saturated rings. The van der Waals surface area contributed by atoms with Crippen molar-refractivity contribution in [1.29, 1.82) is 0 Å². The molecule has 0 aromatic carbocycles. The number of nitrogens with zero attached hydrogens (tertiary/aromatic N) is 1. The average molecular weight is 230 g/mol. The van der Waals surface area contributed by atoms with Gasteiger partial charge in [0.2, 0.25) is 0 Å². The quantitative estimate of drug-likeness (QED) is 0.521. The molecule has 1 saturated carbocycles. The highest BCUT2D eigenvalue weighted by Gasteiger charge is 2.25. The van der Waals surface area contributed by atoms with E-state index in [2.05, 4.69) is 10.2 Å². The van der Waals surface area contributed by atoms with E-state index in [9.17, 15) is 5.11 Å². The van der Waals surface area contributed by atoms with Crippen LogP contribution in [0.2, 0.25) is 0 Å². The van der Waals surface area contributed by atoms with Crippen LogP contribution in [0.25, 0.3) is 0 Å². The van der Waals surface area contributed by atoms with Crippen LogP contribution in [-0.2, 0) is 0 Å². The number of nitrogens with one attached hydrogen (secondary N) is 1. The van der Waals surface area contributed by atoms with Gasteiger partial charge >= 0.3 is 0 Å². The van der Waals surface area contributed by atoms with Crippen LogP contribution in [0, 0.1) is 0 Å². The lowest BCUT2D eigenvalue weighted by atomic mass is 9.91. The fourth-order valence-corrected chi connectivity index (χ4v) is 2.05. The molecule has 96 valence electrons. The third kappa shape index (κ3) is 5.25. The van der Waals surface area contributed by atoms with Gasteiger partial charge in [-0.05, 0) is 26.7 Å². The molecule has 0 heterocycles. The first-order chi connectivity index (χ1) is 7.59. The summed E-state index contributed by atoms with van der Waals surface area (Å²) < 4.78 is 0. The summed E-state index contributed by atoms with van der Waals surface area (Å²) in [5.74, 6) is 0. The molecule has 0 bridgehead atoms. The van der Waals surface area contributed by atoms with Gasteiger partial charge in [-0.1, -0.05) is 6.42 Å². The van der Waals surface area contributed by atoms with Gasteiger partial charge in [-0.3, -0.25) is 4.90 Å². The summed E-state index contributed by atoms with van der Waals surface area (Å²) in [6.07, 6.45) is 3.32. The van der Waals surface area contributed by atoms with Crippen molar-refractivity contribution in [3.8, 4) is 0 Å². The molecule has 4 nitrogen and oxygen atoms in total. The Kier molecular flexibility index (Phi) is 6.28. The minimum absolute atomic E-state index is 0.252. The molecule has 0 saturated heterocycles. The van der Waals surface area contributed by atoms with E-state index in [1.807, 2.05) is 6.92 Å². The van der Waals surface area contributed by atoms with E-state index in [4.69, 9.17) is 5.11 Å². The van der Waals surface area contributed by atoms with Crippen LogP contribution in [0.3, 0.4) is 0 Å². The number of hydrogen-bond donors (Lipinski definition) is 3. The molecule has 1 aliphatic rings. The molecule has 1 rings (SSSR count). The smallest absolute Gasteiger partial charge is 0.0639 e. The average Bonchev–Trinajstić information content (AvgIpc) is 2.07. The van der Waals surface area contributed by atoms with Crippen molar-refractivity contribution >= 4 is 0 Å². The summed E-state index contributed by atoms with van der Waals surface area (Å²) in [6, 6.07) is 0.669. The summed E-state index contributed by atoms with van der Waals surface area (Å²) >= 11 is 0. The van der Waals surface area contributed by atoms with Crippen LogP contribution < -0.4 is 5.32 Å². The van der Waals surface area contributed by atoms with Crippen LogP contribution in [-0.4, -0.2) is 59.5 Å². The Morgan fingerprint density at radius 2 is 1.94 bits per heavy atom. The largest absolute Gasteiger partial charge is 0.392 e. The molecule has 0 aromatic heterocycles. The van der Waals surface area contributed by atoms with Crippen LogP contribution in [0.4, 0.5) is 0 Å². The first-order valence-electron chi connectivity index (χ1n) is 6.40. The summed E-state index contributed by atoms with van der Waals surface area (Å²) in [5.41, 5.74) is 0. The van der Waals surface area contributed by atoms with E-state index >= 15 is 0 Å².